The van der Waals surface area contributed by atoms with Gasteiger partial charge in [0.25, 0.3) is 0 Å². The fraction of sp³-hybridized carbons (Fsp3) is 0.762. The second-order valence-electron chi connectivity index (χ2n) is 9.52. The third-order valence-corrected chi connectivity index (χ3v) is 8.43. The highest BCUT2D eigenvalue weighted by Crippen LogP contribution is 2.66. The first-order valence-corrected chi connectivity index (χ1v) is 9.91. The van der Waals surface area contributed by atoms with Crippen molar-refractivity contribution < 1.29 is 29.7 Å². The minimum atomic E-state index is -1.70. The average Bonchev–Trinajstić information content (AvgIpc) is 2.87. The number of Topliss-reactive ketones (excluding diaryl/α,β-unsaturated/α-hetero) is 2. The summed E-state index contributed by atoms with van der Waals surface area (Å²) in [5, 5.41) is 31.3. The van der Waals surface area contributed by atoms with Crippen molar-refractivity contribution in [3.8, 4) is 0 Å². The third-order valence-electron chi connectivity index (χ3n) is 8.43. The lowest BCUT2D eigenvalue weighted by atomic mass is 9.45. The predicted molar refractivity (Wildman–Crippen MR) is 95.5 cm³/mol. The molecule has 0 radical (unpaired) electrons. The molecule has 0 amide bonds. The zero-order chi connectivity index (χ0) is 19.8. The number of hydrogen-bond acceptors (Lipinski definition) is 6. The van der Waals surface area contributed by atoms with Crippen molar-refractivity contribution in [1.29, 1.82) is 0 Å². The lowest BCUT2D eigenvalue weighted by Gasteiger charge is -2.58. The monoisotopic (exact) mass is 376 g/mol. The maximum absolute atomic E-state index is 13.3. The van der Waals surface area contributed by atoms with E-state index in [4.69, 9.17) is 0 Å². The highest BCUT2D eigenvalue weighted by molar-refractivity contribution is 5.94. The molecule has 0 heterocycles. The molecule has 4 aliphatic rings. The summed E-state index contributed by atoms with van der Waals surface area (Å²) in [6.07, 6.45) is 2.96. The van der Waals surface area contributed by atoms with Gasteiger partial charge in [0.1, 0.15) is 18.0 Å². The summed E-state index contributed by atoms with van der Waals surface area (Å²) in [6.45, 7) is 3.03. The Hall–Kier alpha value is -1.37. The van der Waals surface area contributed by atoms with Crippen LogP contribution < -0.4 is 0 Å². The molecule has 27 heavy (non-hydrogen) atoms. The molecule has 0 aromatic carbocycles. The van der Waals surface area contributed by atoms with E-state index in [1.807, 2.05) is 6.92 Å². The van der Waals surface area contributed by atoms with Crippen molar-refractivity contribution in [3.05, 3.63) is 11.6 Å². The lowest BCUT2D eigenvalue weighted by molar-refractivity contribution is -0.172. The van der Waals surface area contributed by atoms with Crippen LogP contribution in [0.3, 0.4) is 0 Å². The number of ketones is 3. The van der Waals surface area contributed by atoms with Crippen LogP contribution >= 0.6 is 0 Å². The molecule has 148 valence electrons. The van der Waals surface area contributed by atoms with Gasteiger partial charge in [0.05, 0.1) is 6.10 Å². The van der Waals surface area contributed by atoms with E-state index in [2.05, 4.69) is 0 Å². The first-order valence-electron chi connectivity index (χ1n) is 9.91. The topological polar surface area (TPSA) is 112 Å². The SMILES string of the molecule is C[C@]12CCC(=O)C=C1C(O)CC1C2C(=O)C[C@@]2(C)C1CC[C@]2(O)C(=O)CO. The van der Waals surface area contributed by atoms with Gasteiger partial charge in [-0.15, -0.1) is 0 Å². The Labute approximate surface area is 158 Å². The van der Waals surface area contributed by atoms with Crippen molar-refractivity contribution in [1.82, 2.24) is 0 Å². The zero-order valence-corrected chi connectivity index (χ0v) is 15.9. The van der Waals surface area contributed by atoms with Crippen LogP contribution in [0.2, 0.25) is 0 Å². The maximum atomic E-state index is 13.3. The van der Waals surface area contributed by atoms with Crippen molar-refractivity contribution in [3.63, 3.8) is 0 Å². The minimum Gasteiger partial charge on any atom is -0.389 e. The number of aliphatic hydroxyl groups is 3. The van der Waals surface area contributed by atoms with Crippen molar-refractivity contribution in [2.75, 3.05) is 6.61 Å². The van der Waals surface area contributed by atoms with Crippen LogP contribution in [0, 0.1) is 28.6 Å². The summed E-state index contributed by atoms with van der Waals surface area (Å²) in [7, 11) is 0. The molecular formula is C21H28O6. The van der Waals surface area contributed by atoms with Crippen LogP contribution in [0.25, 0.3) is 0 Å². The Bertz CT molecular complexity index is 756. The normalized spacial score (nSPS) is 49.1. The van der Waals surface area contributed by atoms with E-state index in [0.717, 1.165) is 0 Å². The third kappa shape index (κ3) is 2.26. The van der Waals surface area contributed by atoms with Gasteiger partial charge in [-0.3, -0.25) is 14.4 Å². The molecule has 0 bridgehead atoms. The van der Waals surface area contributed by atoms with Gasteiger partial charge in [0.15, 0.2) is 11.6 Å². The Kier molecular flexibility index (Phi) is 4.09. The quantitative estimate of drug-likeness (QED) is 0.662. The summed E-state index contributed by atoms with van der Waals surface area (Å²) >= 11 is 0. The van der Waals surface area contributed by atoms with Crippen molar-refractivity contribution >= 4 is 17.3 Å². The Morgan fingerprint density at radius 3 is 2.63 bits per heavy atom. The number of carbonyl (C=O) groups is 3. The second-order valence-corrected chi connectivity index (χ2v) is 9.52. The van der Waals surface area contributed by atoms with E-state index in [1.165, 1.54) is 6.08 Å². The molecule has 4 rings (SSSR count). The van der Waals surface area contributed by atoms with E-state index in [-0.39, 0.29) is 42.2 Å². The molecule has 0 saturated heterocycles. The van der Waals surface area contributed by atoms with Gasteiger partial charge in [0.2, 0.25) is 0 Å². The van der Waals surface area contributed by atoms with E-state index >= 15 is 0 Å². The number of rotatable bonds is 2. The summed E-state index contributed by atoms with van der Waals surface area (Å²) < 4.78 is 0. The molecule has 3 saturated carbocycles. The molecule has 0 aromatic rings. The van der Waals surface area contributed by atoms with Gasteiger partial charge < -0.3 is 15.3 Å². The van der Waals surface area contributed by atoms with Gasteiger partial charge in [-0.1, -0.05) is 13.8 Å². The van der Waals surface area contributed by atoms with E-state index in [0.29, 0.717) is 31.3 Å². The molecule has 0 aliphatic heterocycles. The van der Waals surface area contributed by atoms with E-state index in [9.17, 15) is 29.7 Å². The van der Waals surface area contributed by atoms with Crippen LogP contribution in [0.1, 0.15) is 52.4 Å². The number of fused-ring (bicyclic) bond motifs is 5. The molecule has 4 unspecified atom stereocenters. The molecule has 6 heteroatoms. The molecule has 0 spiro atoms. The molecule has 3 fully saturated rings. The Morgan fingerprint density at radius 1 is 1.26 bits per heavy atom. The van der Waals surface area contributed by atoms with Gasteiger partial charge >= 0.3 is 0 Å². The van der Waals surface area contributed by atoms with Crippen LogP contribution in [0.15, 0.2) is 11.6 Å². The van der Waals surface area contributed by atoms with Crippen LogP contribution in [-0.2, 0) is 14.4 Å². The summed E-state index contributed by atoms with van der Waals surface area (Å²) in [6, 6.07) is 0. The van der Waals surface area contributed by atoms with Gasteiger partial charge in [-0.25, -0.2) is 0 Å². The number of aliphatic hydroxyl groups excluding tert-OH is 2. The number of hydrogen-bond donors (Lipinski definition) is 3. The smallest absolute Gasteiger partial charge is 0.190 e. The minimum absolute atomic E-state index is 0.000497. The van der Waals surface area contributed by atoms with Crippen LogP contribution in [-0.4, -0.2) is 51.0 Å². The molecule has 4 aliphatic carbocycles. The first-order chi connectivity index (χ1) is 12.6. The summed E-state index contributed by atoms with van der Waals surface area (Å²) in [4.78, 5) is 37.6. The lowest BCUT2D eigenvalue weighted by Crippen LogP contribution is -2.62. The summed E-state index contributed by atoms with van der Waals surface area (Å²) in [5.41, 5.74) is -2.49. The first kappa shape index (κ1) is 19.0. The highest BCUT2D eigenvalue weighted by atomic mass is 16.3. The average molecular weight is 376 g/mol. The van der Waals surface area contributed by atoms with E-state index in [1.54, 1.807) is 6.92 Å². The highest BCUT2D eigenvalue weighted by Gasteiger charge is 2.69. The Balaban J connectivity index is 1.78. The molecule has 6 nitrogen and oxygen atoms in total. The molecular weight excluding hydrogens is 348 g/mol. The fourth-order valence-corrected chi connectivity index (χ4v) is 7.03. The van der Waals surface area contributed by atoms with Gasteiger partial charge in [-0.2, -0.15) is 0 Å². The predicted octanol–water partition coefficient (Wildman–Crippen LogP) is 0.961. The zero-order valence-electron chi connectivity index (χ0n) is 15.9. The molecule has 0 aromatic heterocycles. The standard InChI is InChI=1S/C21H28O6/c1-19-5-3-11(23)7-14(19)15(24)8-12-13-4-6-21(27,17(26)10-22)20(13,2)9-16(25)18(12)19/h7,12-13,15,18,22,24,27H,3-6,8-10H2,1-2H3/t12?,13?,15?,18?,19-,20-,21-/m0/s1. The largest absolute Gasteiger partial charge is 0.389 e. The van der Waals surface area contributed by atoms with Crippen LogP contribution in [0.5, 0.6) is 0 Å². The molecule has 3 N–H and O–H groups in total. The Morgan fingerprint density at radius 2 is 1.96 bits per heavy atom. The van der Waals surface area contributed by atoms with Gasteiger partial charge in [-0.05, 0) is 49.2 Å². The van der Waals surface area contributed by atoms with Gasteiger partial charge in [0, 0.05) is 29.6 Å². The van der Waals surface area contributed by atoms with E-state index < -0.39 is 34.9 Å². The van der Waals surface area contributed by atoms with Crippen molar-refractivity contribution in [2.45, 2.75) is 64.1 Å². The fourth-order valence-electron chi connectivity index (χ4n) is 7.03. The maximum Gasteiger partial charge on any atom is 0.190 e. The van der Waals surface area contributed by atoms with Crippen molar-refractivity contribution in [2.24, 2.45) is 28.6 Å². The molecule has 7 atom stereocenters. The summed E-state index contributed by atoms with van der Waals surface area (Å²) in [5.74, 6) is -1.14. The second kappa shape index (κ2) is 5.82. The van der Waals surface area contributed by atoms with Crippen LogP contribution in [0.4, 0.5) is 0 Å². The number of carbonyl (C=O) groups excluding carboxylic acids is 3.